The van der Waals surface area contributed by atoms with Gasteiger partial charge >= 0.3 is 0 Å². The molecule has 0 spiro atoms. The molecule has 2 rings (SSSR count). The zero-order chi connectivity index (χ0) is 10.8. The van der Waals surface area contributed by atoms with Crippen molar-refractivity contribution in [2.75, 3.05) is 0 Å². The maximum atomic E-state index is 10.0. The number of thiophene rings is 1. The van der Waals surface area contributed by atoms with Gasteiger partial charge in [-0.15, -0.1) is 11.3 Å². The predicted molar refractivity (Wildman–Crippen MR) is 58.7 cm³/mol. The molecule has 0 fully saturated rings. The quantitative estimate of drug-likeness (QED) is 0.857. The summed E-state index contributed by atoms with van der Waals surface area (Å²) in [7, 11) is 1.83. The van der Waals surface area contributed by atoms with Gasteiger partial charge in [-0.25, -0.2) is 4.98 Å². The number of aliphatic hydroxyl groups is 1. The van der Waals surface area contributed by atoms with Gasteiger partial charge in [0.15, 0.2) is 0 Å². The standard InChI is InChI=1S/C10H13N3OS/c1-7-3-4-15-10(7)8(14)5-9-11-6-12-13(9)2/h3-4,6,8,14H,5H2,1-2H3. The minimum Gasteiger partial charge on any atom is -0.387 e. The highest BCUT2D eigenvalue weighted by Crippen LogP contribution is 2.25. The average molecular weight is 223 g/mol. The van der Waals surface area contributed by atoms with Crippen LogP contribution in [-0.4, -0.2) is 19.9 Å². The Kier molecular flexibility index (Phi) is 2.83. The SMILES string of the molecule is Cc1ccsc1C(O)Cc1ncnn1C. The van der Waals surface area contributed by atoms with E-state index in [0.717, 1.165) is 16.3 Å². The second kappa shape index (κ2) is 4.12. The highest BCUT2D eigenvalue weighted by molar-refractivity contribution is 7.10. The molecule has 80 valence electrons. The van der Waals surface area contributed by atoms with Crippen molar-refractivity contribution < 1.29 is 5.11 Å². The minimum absolute atomic E-state index is 0.479. The number of hydrogen-bond donors (Lipinski definition) is 1. The number of nitrogens with zero attached hydrogens (tertiary/aromatic N) is 3. The molecular formula is C10H13N3OS. The zero-order valence-electron chi connectivity index (χ0n) is 8.71. The third-order valence-electron chi connectivity index (χ3n) is 2.39. The summed E-state index contributed by atoms with van der Waals surface area (Å²) in [4.78, 5) is 5.10. The molecule has 0 aliphatic heterocycles. The summed E-state index contributed by atoms with van der Waals surface area (Å²) in [6, 6.07) is 2.01. The fourth-order valence-electron chi connectivity index (χ4n) is 1.50. The Bertz CT molecular complexity index is 449. The molecule has 0 aliphatic rings. The van der Waals surface area contributed by atoms with E-state index < -0.39 is 6.10 Å². The third kappa shape index (κ3) is 2.08. The molecule has 2 aromatic rings. The van der Waals surface area contributed by atoms with Gasteiger partial charge in [-0.05, 0) is 23.9 Å². The van der Waals surface area contributed by atoms with Crippen LogP contribution >= 0.6 is 11.3 Å². The fraction of sp³-hybridized carbons (Fsp3) is 0.400. The van der Waals surface area contributed by atoms with E-state index in [2.05, 4.69) is 10.1 Å². The Balaban J connectivity index is 2.14. The monoisotopic (exact) mass is 223 g/mol. The summed E-state index contributed by atoms with van der Waals surface area (Å²) >= 11 is 1.58. The second-order valence-electron chi connectivity index (χ2n) is 3.49. The zero-order valence-corrected chi connectivity index (χ0v) is 9.53. The molecule has 1 atom stereocenters. The highest BCUT2D eigenvalue weighted by Gasteiger charge is 2.14. The molecule has 0 saturated heterocycles. The molecular weight excluding hydrogens is 210 g/mol. The molecule has 1 N–H and O–H groups in total. The first-order valence-corrected chi connectivity index (χ1v) is 5.61. The molecule has 4 nitrogen and oxygen atoms in total. The smallest absolute Gasteiger partial charge is 0.138 e. The minimum atomic E-state index is -0.479. The van der Waals surface area contributed by atoms with E-state index in [9.17, 15) is 5.11 Å². The van der Waals surface area contributed by atoms with Gasteiger partial charge in [0.1, 0.15) is 12.2 Å². The Morgan fingerprint density at radius 3 is 2.93 bits per heavy atom. The Hall–Kier alpha value is -1.20. The van der Waals surface area contributed by atoms with E-state index in [1.807, 2.05) is 25.4 Å². The van der Waals surface area contributed by atoms with E-state index in [1.54, 1.807) is 16.0 Å². The van der Waals surface area contributed by atoms with Crippen LogP contribution in [0, 0.1) is 6.92 Å². The van der Waals surface area contributed by atoms with Crippen LogP contribution in [0.3, 0.4) is 0 Å². The summed E-state index contributed by atoms with van der Waals surface area (Å²) < 4.78 is 1.69. The van der Waals surface area contributed by atoms with E-state index in [4.69, 9.17) is 0 Å². The molecule has 2 aromatic heterocycles. The van der Waals surface area contributed by atoms with Crippen molar-refractivity contribution in [3.63, 3.8) is 0 Å². The first-order chi connectivity index (χ1) is 7.18. The van der Waals surface area contributed by atoms with Crippen molar-refractivity contribution in [3.05, 3.63) is 34.0 Å². The second-order valence-corrected chi connectivity index (χ2v) is 4.44. The van der Waals surface area contributed by atoms with Gasteiger partial charge in [-0.3, -0.25) is 4.68 Å². The molecule has 0 saturated carbocycles. The van der Waals surface area contributed by atoms with Crippen LogP contribution in [0.2, 0.25) is 0 Å². The van der Waals surface area contributed by atoms with Gasteiger partial charge in [0.05, 0.1) is 6.10 Å². The summed E-state index contributed by atoms with van der Waals surface area (Å²) in [5.41, 5.74) is 1.13. The van der Waals surface area contributed by atoms with Crippen molar-refractivity contribution >= 4 is 11.3 Å². The summed E-state index contributed by atoms with van der Waals surface area (Å²) in [5, 5.41) is 16.0. The van der Waals surface area contributed by atoms with Gasteiger partial charge in [0, 0.05) is 18.3 Å². The van der Waals surface area contributed by atoms with E-state index in [0.29, 0.717) is 6.42 Å². The maximum Gasteiger partial charge on any atom is 0.138 e. The molecule has 0 amide bonds. The van der Waals surface area contributed by atoms with Crippen LogP contribution in [0.15, 0.2) is 17.8 Å². The van der Waals surface area contributed by atoms with Crippen molar-refractivity contribution in [1.29, 1.82) is 0 Å². The number of aliphatic hydroxyl groups excluding tert-OH is 1. The van der Waals surface area contributed by atoms with Crippen LogP contribution in [0.1, 0.15) is 22.4 Å². The van der Waals surface area contributed by atoms with Crippen molar-refractivity contribution in [2.45, 2.75) is 19.4 Å². The lowest BCUT2D eigenvalue weighted by atomic mass is 10.1. The molecule has 0 aromatic carbocycles. The molecule has 0 radical (unpaired) electrons. The van der Waals surface area contributed by atoms with Gasteiger partial charge in [0.25, 0.3) is 0 Å². The van der Waals surface area contributed by atoms with Crippen LogP contribution in [0.4, 0.5) is 0 Å². The predicted octanol–water partition coefficient (Wildman–Crippen LogP) is 1.46. The summed E-state index contributed by atoms with van der Waals surface area (Å²) in [5.74, 6) is 0.801. The van der Waals surface area contributed by atoms with Crippen molar-refractivity contribution in [3.8, 4) is 0 Å². The molecule has 15 heavy (non-hydrogen) atoms. The highest BCUT2D eigenvalue weighted by atomic mass is 32.1. The lowest BCUT2D eigenvalue weighted by Gasteiger charge is -2.08. The van der Waals surface area contributed by atoms with Crippen LogP contribution < -0.4 is 0 Å². The Morgan fingerprint density at radius 2 is 2.40 bits per heavy atom. The van der Waals surface area contributed by atoms with Crippen molar-refractivity contribution in [2.24, 2.45) is 7.05 Å². The maximum absolute atomic E-state index is 10.0. The normalized spacial score (nSPS) is 13.0. The number of aromatic nitrogens is 3. The first kappa shape index (κ1) is 10.3. The largest absolute Gasteiger partial charge is 0.387 e. The van der Waals surface area contributed by atoms with E-state index in [-0.39, 0.29) is 0 Å². The Labute approximate surface area is 92.2 Å². The van der Waals surface area contributed by atoms with Gasteiger partial charge in [0.2, 0.25) is 0 Å². The topological polar surface area (TPSA) is 50.9 Å². The lowest BCUT2D eigenvalue weighted by Crippen LogP contribution is -2.07. The average Bonchev–Trinajstić information content (AvgIpc) is 2.76. The molecule has 0 aliphatic carbocycles. The van der Waals surface area contributed by atoms with Crippen LogP contribution in [-0.2, 0) is 13.5 Å². The molecule has 2 heterocycles. The van der Waals surface area contributed by atoms with Gasteiger partial charge in [-0.2, -0.15) is 5.10 Å². The Morgan fingerprint density at radius 1 is 1.60 bits per heavy atom. The molecule has 5 heteroatoms. The fourth-order valence-corrected chi connectivity index (χ4v) is 2.41. The van der Waals surface area contributed by atoms with Crippen LogP contribution in [0.5, 0.6) is 0 Å². The first-order valence-electron chi connectivity index (χ1n) is 4.73. The molecule has 1 unspecified atom stereocenters. The number of rotatable bonds is 3. The summed E-state index contributed by atoms with van der Waals surface area (Å²) in [6.45, 7) is 2.01. The van der Waals surface area contributed by atoms with Gasteiger partial charge < -0.3 is 5.11 Å². The van der Waals surface area contributed by atoms with Crippen molar-refractivity contribution in [1.82, 2.24) is 14.8 Å². The van der Waals surface area contributed by atoms with Crippen LogP contribution in [0.25, 0.3) is 0 Å². The van der Waals surface area contributed by atoms with E-state index in [1.165, 1.54) is 6.33 Å². The third-order valence-corrected chi connectivity index (χ3v) is 3.51. The van der Waals surface area contributed by atoms with E-state index >= 15 is 0 Å². The van der Waals surface area contributed by atoms with Gasteiger partial charge in [-0.1, -0.05) is 0 Å². The molecule has 0 bridgehead atoms. The number of aryl methyl sites for hydroxylation is 2. The number of hydrogen-bond acceptors (Lipinski definition) is 4. The lowest BCUT2D eigenvalue weighted by molar-refractivity contribution is 0.177. The summed E-state index contributed by atoms with van der Waals surface area (Å²) in [6.07, 6.45) is 1.54.